The van der Waals surface area contributed by atoms with Gasteiger partial charge in [-0.05, 0) is 36.5 Å². The minimum atomic E-state index is 0.440. The minimum absolute atomic E-state index is 0.440. The van der Waals surface area contributed by atoms with Gasteiger partial charge in [0.2, 0.25) is 0 Å². The highest BCUT2D eigenvalue weighted by Crippen LogP contribution is 2.33. The number of nitrogens with zero attached hydrogens (tertiary/aromatic N) is 1. The van der Waals surface area contributed by atoms with Crippen molar-refractivity contribution < 1.29 is 0 Å². The topological polar surface area (TPSA) is 80.7 Å². The Bertz CT molecular complexity index is 512. The standard InChI is InChI=1S/C10H12N4/c11-8-6-3-1-2-5(6)4-7-9(8)14-10(12)13-7/h4H,1-3,11H2,(H3,12,13,14). The van der Waals surface area contributed by atoms with Gasteiger partial charge < -0.3 is 16.5 Å². The lowest BCUT2D eigenvalue weighted by molar-refractivity contribution is 0.912. The smallest absolute Gasteiger partial charge is 0.198 e. The second kappa shape index (κ2) is 2.41. The number of nitrogens with one attached hydrogen (secondary N) is 1. The predicted octanol–water partition coefficient (Wildman–Crippen LogP) is 1.22. The molecule has 0 atom stereocenters. The molecule has 0 amide bonds. The zero-order chi connectivity index (χ0) is 9.71. The molecule has 2 aromatic rings. The van der Waals surface area contributed by atoms with E-state index in [-0.39, 0.29) is 0 Å². The summed E-state index contributed by atoms with van der Waals surface area (Å²) in [7, 11) is 0. The molecule has 0 unspecified atom stereocenters. The van der Waals surface area contributed by atoms with Crippen LogP contribution in [0.15, 0.2) is 6.07 Å². The van der Waals surface area contributed by atoms with Crippen LogP contribution in [0.3, 0.4) is 0 Å². The van der Waals surface area contributed by atoms with E-state index in [1.165, 1.54) is 17.5 Å². The third-order valence-corrected chi connectivity index (χ3v) is 2.91. The summed E-state index contributed by atoms with van der Waals surface area (Å²) in [5.41, 5.74) is 16.8. The number of benzene rings is 1. The Morgan fingerprint density at radius 1 is 1.29 bits per heavy atom. The summed E-state index contributed by atoms with van der Waals surface area (Å²) in [6.45, 7) is 0. The van der Waals surface area contributed by atoms with E-state index in [1.54, 1.807) is 0 Å². The summed E-state index contributed by atoms with van der Waals surface area (Å²) >= 11 is 0. The average Bonchev–Trinajstić information content (AvgIpc) is 2.71. The monoisotopic (exact) mass is 188 g/mol. The molecule has 1 heterocycles. The number of imidazole rings is 1. The summed E-state index contributed by atoms with van der Waals surface area (Å²) < 4.78 is 0. The Morgan fingerprint density at radius 3 is 3.00 bits per heavy atom. The average molecular weight is 188 g/mol. The normalized spacial score (nSPS) is 14.9. The van der Waals surface area contributed by atoms with Crippen molar-refractivity contribution >= 4 is 22.7 Å². The summed E-state index contributed by atoms with van der Waals surface area (Å²) in [6, 6.07) is 2.12. The van der Waals surface area contributed by atoms with Crippen LogP contribution in [0.4, 0.5) is 11.6 Å². The van der Waals surface area contributed by atoms with Gasteiger partial charge in [0.05, 0.1) is 11.2 Å². The van der Waals surface area contributed by atoms with Gasteiger partial charge >= 0.3 is 0 Å². The van der Waals surface area contributed by atoms with E-state index >= 15 is 0 Å². The van der Waals surface area contributed by atoms with E-state index < -0.39 is 0 Å². The van der Waals surface area contributed by atoms with Crippen molar-refractivity contribution in [1.82, 2.24) is 9.97 Å². The maximum absolute atomic E-state index is 6.05. The van der Waals surface area contributed by atoms with Crippen LogP contribution in [-0.2, 0) is 12.8 Å². The lowest BCUT2D eigenvalue weighted by Gasteiger charge is -2.03. The second-order valence-corrected chi connectivity index (χ2v) is 3.80. The molecule has 0 saturated carbocycles. The zero-order valence-electron chi connectivity index (χ0n) is 7.80. The van der Waals surface area contributed by atoms with Crippen LogP contribution in [0.5, 0.6) is 0 Å². The number of anilines is 2. The molecule has 1 aromatic carbocycles. The van der Waals surface area contributed by atoms with Gasteiger partial charge in [-0.15, -0.1) is 0 Å². The Balaban J connectivity index is 2.42. The molecule has 1 aliphatic carbocycles. The lowest BCUT2D eigenvalue weighted by atomic mass is 10.1. The fourth-order valence-electron chi connectivity index (χ4n) is 2.27. The molecule has 1 aromatic heterocycles. The molecule has 1 aliphatic rings. The van der Waals surface area contributed by atoms with E-state index in [0.717, 1.165) is 29.6 Å². The number of aromatic amines is 1. The number of hydrogen-bond donors (Lipinski definition) is 3. The predicted molar refractivity (Wildman–Crippen MR) is 56.9 cm³/mol. The number of nitrogens with two attached hydrogens (primary N) is 2. The van der Waals surface area contributed by atoms with Crippen LogP contribution in [-0.4, -0.2) is 9.97 Å². The fourth-order valence-corrected chi connectivity index (χ4v) is 2.27. The molecule has 3 rings (SSSR count). The van der Waals surface area contributed by atoms with Gasteiger partial charge in [-0.3, -0.25) is 0 Å². The van der Waals surface area contributed by atoms with Crippen LogP contribution < -0.4 is 11.5 Å². The first-order valence-corrected chi connectivity index (χ1v) is 4.81. The molecule has 72 valence electrons. The Labute approximate surface area is 81.3 Å². The van der Waals surface area contributed by atoms with Crippen molar-refractivity contribution in [1.29, 1.82) is 0 Å². The number of nitrogen functional groups attached to an aromatic ring is 2. The van der Waals surface area contributed by atoms with Gasteiger partial charge in [-0.2, -0.15) is 0 Å². The molecule has 0 saturated heterocycles. The summed E-state index contributed by atoms with van der Waals surface area (Å²) in [5, 5.41) is 0. The first-order chi connectivity index (χ1) is 6.75. The highest BCUT2D eigenvalue weighted by atomic mass is 15.0. The van der Waals surface area contributed by atoms with Gasteiger partial charge in [0.25, 0.3) is 0 Å². The Kier molecular flexibility index (Phi) is 1.32. The number of hydrogen-bond acceptors (Lipinski definition) is 3. The number of rotatable bonds is 0. The lowest BCUT2D eigenvalue weighted by Crippen LogP contribution is -1.95. The quantitative estimate of drug-likeness (QED) is 0.544. The minimum Gasteiger partial charge on any atom is -0.397 e. The summed E-state index contributed by atoms with van der Waals surface area (Å²) in [6.07, 6.45) is 3.39. The molecule has 0 spiro atoms. The van der Waals surface area contributed by atoms with E-state index in [4.69, 9.17) is 11.5 Å². The zero-order valence-corrected chi connectivity index (χ0v) is 7.80. The summed E-state index contributed by atoms with van der Waals surface area (Å²) in [5.74, 6) is 0.440. The maximum atomic E-state index is 6.05. The van der Waals surface area contributed by atoms with Crippen LogP contribution in [0, 0.1) is 0 Å². The number of fused-ring (bicyclic) bond motifs is 2. The van der Waals surface area contributed by atoms with Crippen LogP contribution in [0.2, 0.25) is 0 Å². The number of aryl methyl sites for hydroxylation is 1. The van der Waals surface area contributed by atoms with Gasteiger partial charge in [0, 0.05) is 0 Å². The van der Waals surface area contributed by atoms with E-state index in [9.17, 15) is 0 Å². The van der Waals surface area contributed by atoms with Crippen LogP contribution >= 0.6 is 0 Å². The molecule has 14 heavy (non-hydrogen) atoms. The third kappa shape index (κ3) is 0.852. The Hall–Kier alpha value is -1.71. The van der Waals surface area contributed by atoms with E-state index in [2.05, 4.69) is 16.0 Å². The molecule has 0 radical (unpaired) electrons. The molecular weight excluding hydrogens is 176 g/mol. The fraction of sp³-hybridized carbons (Fsp3) is 0.300. The highest BCUT2D eigenvalue weighted by molar-refractivity contribution is 5.91. The van der Waals surface area contributed by atoms with Crippen molar-refractivity contribution in [2.75, 3.05) is 11.5 Å². The van der Waals surface area contributed by atoms with Gasteiger partial charge in [-0.1, -0.05) is 0 Å². The van der Waals surface area contributed by atoms with Crippen molar-refractivity contribution in [2.45, 2.75) is 19.3 Å². The molecule has 4 heteroatoms. The number of aromatic nitrogens is 2. The summed E-state index contributed by atoms with van der Waals surface area (Å²) in [4.78, 5) is 7.20. The molecule has 0 fully saturated rings. The van der Waals surface area contributed by atoms with Gasteiger partial charge in [-0.25, -0.2) is 4.98 Å². The van der Waals surface area contributed by atoms with Crippen LogP contribution in [0.25, 0.3) is 11.0 Å². The molecule has 0 aliphatic heterocycles. The molecule has 5 N–H and O–H groups in total. The van der Waals surface area contributed by atoms with Crippen molar-refractivity contribution in [3.8, 4) is 0 Å². The van der Waals surface area contributed by atoms with Crippen molar-refractivity contribution in [3.05, 3.63) is 17.2 Å². The van der Waals surface area contributed by atoms with E-state index in [0.29, 0.717) is 5.95 Å². The third-order valence-electron chi connectivity index (χ3n) is 2.91. The first kappa shape index (κ1) is 7.67. The van der Waals surface area contributed by atoms with Crippen LogP contribution in [0.1, 0.15) is 17.5 Å². The second-order valence-electron chi connectivity index (χ2n) is 3.80. The first-order valence-electron chi connectivity index (χ1n) is 4.81. The van der Waals surface area contributed by atoms with Crippen molar-refractivity contribution in [2.24, 2.45) is 0 Å². The van der Waals surface area contributed by atoms with Gasteiger partial charge in [0.15, 0.2) is 5.95 Å². The van der Waals surface area contributed by atoms with Gasteiger partial charge in [0.1, 0.15) is 5.52 Å². The Morgan fingerprint density at radius 2 is 2.14 bits per heavy atom. The largest absolute Gasteiger partial charge is 0.397 e. The molecular formula is C10H12N4. The number of H-pyrrole nitrogens is 1. The molecule has 0 bridgehead atoms. The molecule has 4 nitrogen and oxygen atoms in total. The highest BCUT2D eigenvalue weighted by Gasteiger charge is 2.17. The van der Waals surface area contributed by atoms with E-state index in [1.807, 2.05) is 0 Å². The van der Waals surface area contributed by atoms with Crippen molar-refractivity contribution in [3.63, 3.8) is 0 Å². The maximum Gasteiger partial charge on any atom is 0.198 e. The SMILES string of the molecule is Nc1nc2c(N)c3c(cc2[nH]1)CCC3.